The summed E-state index contributed by atoms with van der Waals surface area (Å²) in [6.45, 7) is 7.01. The predicted octanol–water partition coefficient (Wildman–Crippen LogP) is 2.29. The summed E-state index contributed by atoms with van der Waals surface area (Å²) in [6, 6.07) is 2.03. The molecule has 0 saturated carbocycles. The predicted molar refractivity (Wildman–Crippen MR) is 63.2 cm³/mol. The molecule has 3 heteroatoms. The largest absolute Gasteiger partial charge is 0.388 e. The molecule has 0 bridgehead atoms. The van der Waals surface area contributed by atoms with Crippen molar-refractivity contribution in [1.29, 1.82) is 0 Å². The minimum absolute atomic E-state index is 0.390. The van der Waals surface area contributed by atoms with Crippen LogP contribution in [-0.2, 0) is 0 Å². The number of pyridine rings is 1. The molecule has 1 aromatic heterocycles. The second-order valence-electron chi connectivity index (χ2n) is 3.84. The van der Waals surface area contributed by atoms with E-state index in [1.54, 1.807) is 6.20 Å². The number of nitrogens with zero attached hydrogens (tertiary/aromatic N) is 2. The Morgan fingerprint density at radius 2 is 2.13 bits per heavy atom. The van der Waals surface area contributed by atoms with E-state index in [4.69, 9.17) is 0 Å². The van der Waals surface area contributed by atoms with Crippen molar-refractivity contribution in [2.75, 3.05) is 18.5 Å². The van der Waals surface area contributed by atoms with E-state index in [9.17, 15) is 5.11 Å². The Labute approximate surface area is 91.8 Å². The van der Waals surface area contributed by atoms with E-state index < -0.39 is 6.10 Å². The molecule has 84 valence electrons. The molecule has 1 aromatic rings. The third-order valence-corrected chi connectivity index (χ3v) is 2.75. The SMILES string of the molecule is CCC(O)c1cnc(N(C)CC)cc1C. The van der Waals surface area contributed by atoms with Crippen molar-refractivity contribution in [3.05, 3.63) is 23.4 Å². The van der Waals surface area contributed by atoms with Crippen molar-refractivity contribution in [2.45, 2.75) is 33.3 Å². The van der Waals surface area contributed by atoms with Gasteiger partial charge in [-0.2, -0.15) is 0 Å². The zero-order valence-corrected chi connectivity index (χ0v) is 9.99. The zero-order chi connectivity index (χ0) is 11.4. The van der Waals surface area contributed by atoms with Gasteiger partial charge in [0.15, 0.2) is 0 Å². The fraction of sp³-hybridized carbons (Fsp3) is 0.583. The van der Waals surface area contributed by atoms with E-state index >= 15 is 0 Å². The average Bonchev–Trinajstić information content (AvgIpc) is 2.26. The molecular formula is C12H20N2O. The van der Waals surface area contributed by atoms with Crippen LogP contribution in [0.5, 0.6) is 0 Å². The number of anilines is 1. The van der Waals surface area contributed by atoms with Gasteiger partial charge in [-0.25, -0.2) is 4.98 Å². The lowest BCUT2D eigenvalue weighted by Crippen LogP contribution is -2.17. The summed E-state index contributed by atoms with van der Waals surface area (Å²) >= 11 is 0. The van der Waals surface area contributed by atoms with Gasteiger partial charge in [-0.15, -0.1) is 0 Å². The zero-order valence-electron chi connectivity index (χ0n) is 9.99. The summed E-state index contributed by atoms with van der Waals surface area (Å²) < 4.78 is 0. The lowest BCUT2D eigenvalue weighted by Gasteiger charge is -2.18. The van der Waals surface area contributed by atoms with Crippen LogP contribution in [0.15, 0.2) is 12.3 Å². The van der Waals surface area contributed by atoms with Gasteiger partial charge in [0.05, 0.1) is 6.10 Å². The number of aromatic nitrogens is 1. The molecule has 1 atom stereocenters. The van der Waals surface area contributed by atoms with Gasteiger partial charge < -0.3 is 10.0 Å². The third-order valence-electron chi connectivity index (χ3n) is 2.75. The molecule has 1 rings (SSSR count). The lowest BCUT2D eigenvalue weighted by molar-refractivity contribution is 0.172. The summed E-state index contributed by atoms with van der Waals surface area (Å²) in [5.74, 6) is 0.960. The Kier molecular flexibility index (Phi) is 4.09. The van der Waals surface area contributed by atoms with Crippen LogP contribution in [0.4, 0.5) is 5.82 Å². The van der Waals surface area contributed by atoms with Gasteiger partial charge in [-0.1, -0.05) is 6.92 Å². The van der Waals surface area contributed by atoms with Crippen LogP contribution in [0.25, 0.3) is 0 Å². The van der Waals surface area contributed by atoms with Crippen LogP contribution in [0.3, 0.4) is 0 Å². The maximum Gasteiger partial charge on any atom is 0.128 e. The van der Waals surface area contributed by atoms with E-state index in [0.717, 1.165) is 29.9 Å². The minimum atomic E-state index is -0.390. The molecule has 3 nitrogen and oxygen atoms in total. The normalized spacial score (nSPS) is 12.6. The standard InChI is InChI=1S/C12H20N2O/c1-5-11(15)10-8-13-12(7-9(10)3)14(4)6-2/h7-8,11,15H,5-6H2,1-4H3. The summed E-state index contributed by atoms with van der Waals surface area (Å²) in [5.41, 5.74) is 2.04. The Hall–Kier alpha value is -1.09. The minimum Gasteiger partial charge on any atom is -0.388 e. The molecule has 0 aliphatic rings. The number of rotatable bonds is 4. The molecule has 0 saturated heterocycles. The Bertz CT molecular complexity index is 325. The van der Waals surface area contributed by atoms with E-state index in [0.29, 0.717) is 0 Å². The highest BCUT2D eigenvalue weighted by Gasteiger charge is 2.10. The van der Waals surface area contributed by atoms with Gasteiger partial charge in [-0.3, -0.25) is 0 Å². The maximum atomic E-state index is 9.74. The third kappa shape index (κ3) is 2.69. The summed E-state index contributed by atoms with van der Waals surface area (Å²) in [7, 11) is 2.01. The molecule has 0 fully saturated rings. The molecule has 0 aliphatic carbocycles. The highest BCUT2D eigenvalue weighted by Crippen LogP contribution is 2.22. The van der Waals surface area contributed by atoms with Crippen molar-refractivity contribution >= 4 is 5.82 Å². The summed E-state index contributed by atoms with van der Waals surface area (Å²) in [6.07, 6.45) is 2.12. The van der Waals surface area contributed by atoms with Gasteiger partial charge in [0.25, 0.3) is 0 Å². The van der Waals surface area contributed by atoms with Crippen molar-refractivity contribution < 1.29 is 5.11 Å². The van der Waals surface area contributed by atoms with Crippen LogP contribution in [0.2, 0.25) is 0 Å². The van der Waals surface area contributed by atoms with Crippen LogP contribution >= 0.6 is 0 Å². The number of aliphatic hydroxyl groups excluding tert-OH is 1. The van der Waals surface area contributed by atoms with Crippen LogP contribution < -0.4 is 4.90 Å². The van der Waals surface area contributed by atoms with Gasteiger partial charge in [0.2, 0.25) is 0 Å². The second kappa shape index (κ2) is 5.12. The van der Waals surface area contributed by atoms with E-state index in [2.05, 4.69) is 16.8 Å². The summed E-state index contributed by atoms with van der Waals surface area (Å²) in [5, 5.41) is 9.74. The van der Waals surface area contributed by atoms with Gasteiger partial charge in [-0.05, 0) is 31.9 Å². The monoisotopic (exact) mass is 208 g/mol. The Morgan fingerprint density at radius 1 is 1.47 bits per heavy atom. The first-order valence-electron chi connectivity index (χ1n) is 5.45. The van der Waals surface area contributed by atoms with Gasteiger partial charge >= 0.3 is 0 Å². The molecule has 0 aliphatic heterocycles. The van der Waals surface area contributed by atoms with E-state index in [1.165, 1.54) is 0 Å². The average molecular weight is 208 g/mol. The number of aliphatic hydroxyl groups is 1. The van der Waals surface area contributed by atoms with Crippen molar-refractivity contribution in [3.8, 4) is 0 Å². The fourth-order valence-corrected chi connectivity index (χ4v) is 1.49. The Morgan fingerprint density at radius 3 is 2.60 bits per heavy atom. The number of hydrogen-bond donors (Lipinski definition) is 1. The molecule has 1 N–H and O–H groups in total. The van der Waals surface area contributed by atoms with E-state index in [-0.39, 0.29) is 0 Å². The highest BCUT2D eigenvalue weighted by atomic mass is 16.3. The highest BCUT2D eigenvalue weighted by molar-refractivity contribution is 5.43. The van der Waals surface area contributed by atoms with Crippen molar-refractivity contribution in [1.82, 2.24) is 4.98 Å². The van der Waals surface area contributed by atoms with Crippen molar-refractivity contribution in [2.24, 2.45) is 0 Å². The van der Waals surface area contributed by atoms with Crippen LogP contribution in [-0.4, -0.2) is 23.7 Å². The number of aryl methyl sites for hydroxylation is 1. The summed E-state index contributed by atoms with van der Waals surface area (Å²) in [4.78, 5) is 6.42. The molecule has 15 heavy (non-hydrogen) atoms. The molecule has 1 unspecified atom stereocenters. The first-order valence-corrected chi connectivity index (χ1v) is 5.45. The molecule has 0 amide bonds. The molecule has 0 radical (unpaired) electrons. The number of hydrogen-bond acceptors (Lipinski definition) is 3. The lowest BCUT2D eigenvalue weighted by atomic mass is 10.0. The smallest absolute Gasteiger partial charge is 0.128 e. The molecule has 0 aromatic carbocycles. The van der Waals surface area contributed by atoms with Crippen LogP contribution in [0, 0.1) is 6.92 Å². The molecular weight excluding hydrogens is 188 g/mol. The maximum absolute atomic E-state index is 9.74. The fourth-order valence-electron chi connectivity index (χ4n) is 1.49. The second-order valence-corrected chi connectivity index (χ2v) is 3.84. The first kappa shape index (κ1) is 12.0. The van der Waals surface area contributed by atoms with E-state index in [1.807, 2.05) is 27.0 Å². The first-order chi connectivity index (χ1) is 7.10. The van der Waals surface area contributed by atoms with Gasteiger partial charge in [0.1, 0.15) is 5.82 Å². The topological polar surface area (TPSA) is 36.4 Å². The van der Waals surface area contributed by atoms with Crippen LogP contribution in [0.1, 0.15) is 37.5 Å². The van der Waals surface area contributed by atoms with Crippen molar-refractivity contribution in [3.63, 3.8) is 0 Å². The Balaban J connectivity index is 2.97. The molecule has 0 spiro atoms. The van der Waals surface area contributed by atoms with Gasteiger partial charge in [0, 0.05) is 25.4 Å². The molecule has 1 heterocycles. The quantitative estimate of drug-likeness (QED) is 0.824.